The molecule has 0 aromatic carbocycles. The van der Waals surface area contributed by atoms with Gasteiger partial charge in [0.2, 0.25) is 0 Å². The second kappa shape index (κ2) is 4.83. The molecule has 0 bridgehead atoms. The average Bonchev–Trinajstić information content (AvgIpc) is 2.58. The maximum Gasteiger partial charge on any atom is 0.0707 e. The predicted molar refractivity (Wildman–Crippen MR) is 51.4 cm³/mol. The minimum atomic E-state index is 0.311. The monoisotopic (exact) mass is 171 g/mol. The summed E-state index contributed by atoms with van der Waals surface area (Å²) in [6, 6.07) is 0. The smallest absolute Gasteiger partial charge is 0.0707 e. The lowest BCUT2D eigenvalue weighted by molar-refractivity contribution is -0.0190. The van der Waals surface area contributed by atoms with Crippen LogP contribution in [0.3, 0.4) is 0 Å². The van der Waals surface area contributed by atoms with Gasteiger partial charge in [-0.25, -0.2) is 0 Å². The van der Waals surface area contributed by atoms with E-state index in [0.717, 1.165) is 19.7 Å². The molecule has 0 amide bonds. The van der Waals surface area contributed by atoms with E-state index in [1.165, 1.54) is 25.7 Å². The highest BCUT2D eigenvalue weighted by Crippen LogP contribution is 2.33. The molecule has 2 fully saturated rings. The highest BCUT2D eigenvalue weighted by atomic mass is 16.5. The van der Waals surface area contributed by atoms with E-state index in [9.17, 15) is 0 Å². The van der Waals surface area contributed by atoms with Crippen molar-refractivity contribution in [2.75, 3.05) is 19.7 Å². The van der Waals surface area contributed by atoms with Crippen LogP contribution in [-0.4, -0.2) is 25.3 Å². The van der Waals surface area contributed by atoms with E-state index in [1.54, 1.807) is 0 Å². The molecule has 0 saturated carbocycles. The van der Waals surface area contributed by atoms with Crippen molar-refractivity contribution in [2.45, 2.75) is 45.1 Å². The molecule has 2 nitrogen and oxygen atoms in total. The van der Waals surface area contributed by atoms with Gasteiger partial charge in [-0.2, -0.15) is 0 Å². The Balaban J connectivity index is 0.000000336. The second-order valence-corrected chi connectivity index (χ2v) is 3.39. The zero-order chi connectivity index (χ0) is 8.86. The van der Waals surface area contributed by atoms with Gasteiger partial charge in [0.05, 0.1) is 5.60 Å². The number of ether oxygens (including phenoxy) is 1. The molecule has 1 N–H and O–H groups in total. The maximum atomic E-state index is 5.74. The molecule has 0 unspecified atom stereocenters. The maximum absolute atomic E-state index is 5.74. The minimum Gasteiger partial charge on any atom is -0.375 e. The summed E-state index contributed by atoms with van der Waals surface area (Å²) in [4.78, 5) is 0. The van der Waals surface area contributed by atoms with Crippen molar-refractivity contribution in [3.63, 3.8) is 0 Å². The normalized spacial score (nSPS) is 26.5. The molecule has 2 heterocycles. The fraction of sp³-hybridized carbons (Fsp3) is 1.00. The van der Waals surface area contributed by atoms with Gasteiger partial charge in [0.15, 0.2) is 0 Å². The Labute approximate surface area is 75.7 Å². The predicted octanol–water partition coefficient (Wildman–Crippen LogP) is 1.95. The first-order valence-electron chi connectivity index (χ1n) is 5.26. The molecule has 2 saturated heterocycles. The minimum absolute atomic E-state index is 0.311. The van der Waals surface area contributed by atoms with Gasteiger partial charge in [-0.05, 0) is 38.8 Å². The van der Waals surface area contributed by atoms with E-state index in [2.05, 4.69) is 5.32 Å². The SMILES string of the molecule is C1COC2(C1)CCNCC2.CC. The van der Waals surface area contributed by atoms with Gasteiger partial charge in [-0.1, -0.05) is 13.8 Å². The Kier molecular flexibility index (Phi) is 4.02. The molecule has 72 valence electrons. The van der Waals surface area contributed by atoms with Gasteiger partial charge in [-0.15, -0.1) is 0 Å². The second-order valence-electron chi connectivity index (χ2n) is 3.39. The van der Waals surface area contributed by atoms with E-state index in [0.29, 0.717) is 5.60 Å². The zero-order valence-electron chi connectivity index (χ0n) is 8.36. The van der Waals surface area contributed by atoms with Crippen molar-refractivity contribution in [3.8, 4) is 0 Å². The summed E-state index contributed by atoms with van der Waals surface area (Å²) >= 11 is 0. The summed E-state index contributed by atoms with van der Waals surface area (Å²) in [5.41, 5.74) is 0.311. The zero-order valence-corrected chi connectivity index (χ0v) is 8.36. The van der Waals surface area contributed by atoms with Gasteiger partial charge in [0.25, 0.3) is 0 Å². The topological polar surface area (TPSA) is 21.3 Å². The molecule has 2 heteroatoms. The summed E-state index contributed by atoms with van der Waals surface area (Å²) < 4.78 is 5.74. The van der Waals surface area contributed by atoms with Crippen LogP contribution in [-0.2, 0) is 4.74 Å². The summed E-state index contributed by atoms with van der Waals surface area (Å²) in [5, 5.41) is 3.36. The molecule has 1 spiro atoms. The molecule has 0 radical (unpaired) electrons. The van der Waals surface area contributed by atoms with E-state index in [1.807, 2.05) is 13.8 Å². The molecule has 2 aliphatic rings. The Morgan fingerprint density at radius 2 is 1.75 bits per heavy atom. The first kappa shape index (κ1) is 10.0. The van der Waals surface area contributed by atoms with Crippen LogP contribution in [0.15, 0.2) is 0 Å². The van der Waals surface area contributed by atoms with E-state index in [-0.39, 0.29) is 0 Å². The van der Waals surface area contributed by atoms with Gasteiger partial charge in [-0.3, -0.25) is 0 Å². The van der Waals surface area contributed by atoms with Crippen LogP contribution >= 0.6 is 0 Å². The number of nitrogens with one attached hydrogen (secondary N) is 1. The fourth-order valence-corrected chi connectivity index (χ4v) is 2.03. The van der Waals surface area contributed by atoms with Crippen LogP contribution in [0.25, 0.3) is 0 Å². The number of hydrogen-bond donors (Lipinski definition) is 1. The number of piperidine rings is 1. The van der Waals surface area contributed by atoms with Crippen LogP contribution in [0.4, 0.5) is 0 Å². The molecular formula is C10H21NO. The largest absolute Gasteiger partial charge is 0.375 e. The van der Waals surface area contributed by atoms with Crippen LogP contribution in [0.2, 0.25) is 0 Å². The average molecular weight is 171 g/mol. The lowest BCUT2D eigenvalue weighted by Crippen LogP contribution is -2.41. The third-order valence-electron chi connectivity index (χ3n) is 2.70. The number of hydrogen-bond acceptors (Lipinski definition) is 2. The van der Waals surface area contributed by atoms with Crippen molar-refractivity contribution < 1.29 is 4.74 Å². The van der Waals surface area contributed by atoms with Crippen LogP contribution in [0, 0.1) is 0 Å². The highest BCUT2D eigenvalue weighted by Gasteiger charge is 2.35. The fourth-order valence-electron chi connectivity index (χ4n) is 2.03. The van der Waals surface area contributed by atoms with Crippen molar-refractivity contribution in [1.82, 2.24) is 5.32 Å². The first-order valence-corrected chi connectivity index (χ1v) is 5.26. The van der Waals surface area contributed by atoms with Crippen LogP contribution < -0.4 is 5.32 Å². The molecule has 2 rings (SSSR count). The summed E-state index contributed by atoms with van der Waals surface area (Å²) in [5.74, 6) is 0. The summed E-state index contributed by atoms with van der Waals surface area (Å²) in [6.07, 6.45) is 5.04. The molecule has 0 aliphatic carbocycles. The van der Waals surface area contributed by atoms with E-state index < -0.39 is 0 Å². The third-order valence-corrected chi connectivity index (χ3v) is 2.70. The van der Waals surface area contributed by atoms with Gasteiger partial charge in [0.1, 0.15) is 0 Å². The molecule has 12 heavy (non-hydrogen) atoms. The van der Waals surface area contributed by atoms with E-state index in [4.69, 9.17) is 4.74 Å². The molecule has 2 aliphatic heterocycles. The Hall–Kier alpha value is -0.0800. The number of rotatable bonds is 0. The quantitative estimate of drug-likeness (QED) is 0.601. The summed E-state index contributed by atoms with van der Waals surface area (Å²) in [7, 11) is 0. The highest BCUT2D eigenvalue weighted by molar-refractivity contribution is 4.89. The van der Waals surface area contributed by atoms with Crippen LogP contribution in [0.1, 0.15) is 39.5 Å². The van der Waals surface area contributed by atoms with Gasteiger partial charge < -0.3 is 10.1 Å². The van der Waals surface area contributed by atoms with E-state index >= 15 is 0 Å². The van der Waals surface area contributed by atoms with Crippen molar-refractivity contribution in [2.24, 2.45) is 0 Å². The van der Waals surface area contributed by atoms with Crippen molar-refractivity contribution in [1.29, 1.82) is 0 Å². The lowest BCUT2D eigenvalue weighted by Gasteiger charge is -2.32. The van der Waals surface area contributed by atoms with Gasteiger partial charge in [0, 0.05) is 6.61 Å². The van der Waals surface area contributed by atoms with Crippen LogP contribution in [0.5, 0.6) is 0 Å². The van der Waals surface area contributed by atoms with Crippen molar-refractivity contribution in [3.05, 3.63) is 0 Å². The Bertz CT molecular complexity index is 111. The molecule has 0 aromatic rings. The van der Waals surface area contributed by atoms with Gasteiger partial charge >= 0.3 is 0 Å². The molecular weight excluding hydrogens is 150 g/mol. The standard InChI is InChI=1S/C8H15NO.C2H6/c1-2-8(10-7-1)3-5-9-6-4-8;1-2/h9H,1-7H2;1-2H3. The lowest BCUT2D eigenvalue weighted by atomic mass is 9.90. The Morgan fingerprint density at radius 3 is 2.25 bits per heavy atom. The Morgan fingerprint density at radius 1 is 1.08 bits per heavy atom. The molecule has 0 atom stereocenters. The third kappa shape index (κ3) is 2.20. The summed E-state index contributed by atoms with van der Waals surface area (Å²) in [6.45, 7) is 7.31. The van der Waals surface area contributed by atoms with Crippen molar-refractivity contribution >= 4 is 0 Å². The first-order chi connectivity index (χ1) is 5.91. The molecule has 0 aromatic heterocycles.